The lowest BCUT2D eigenvalue weighted by Gasteiger charge is -2.09. The van der Waals surface area contributed by atoms with Crippen molar-refractivity contribution in [1.29, 1.82) is 0 Å². The zero-order chi connectivity index (χ0) is 18.2. The van der Waals surface area contributed by atoms with Crippen LogP contribution < -0.4 is 0 Å². The molecule has 130 valence electrons. The van der Waals surface area contributed by atoms with E-state index < -0.39 is 0 Å². The lowest BCUT2D eigenvalue weighted by atomic mass is 10.0. The largest absolute Gasteiger partial charge is 0.290 e. The molecule has 0 saturated heterocycles. The first-order chi connectivity index (χ1) is 13.9. The molecule has 4 heteroatoms. The van der Waals surface area contributed by atoms with E-state index in [2.05, 4.69) is 62.9 Å². The Morgan fingerprint density at radius 3 is 2.79 bits per heavy atom. The summed E-state index contributed by atoms with van der Waals surface area (Å²) in [6.07, 6.45) is 6.60. The molecule has 0 spiro atoms. The van der Waals surface area contributed by atoms with Crippen LogP contribution in [0.4, 0.5) is 0 Å². The summed E-state index contributed by atoms with van der Waals surface area (Å²) in [5.74, 6) is 0. The Balaban J connectivity index is 1.82. The van der Waals surface area contributed by atoms with E-state index in [1.165, 1.54) is 27.8 Å². The molecule has 6 aromatic rings. The highest BCUT2D eigenvalue weighted by Gasteiger charge is 2.24. The topological polar surface area (TPSA) is 43.1 Å². The molecule has 1 aliphatic carbocycles. The van der Waals surface area contributed by atoms with Gasteiger partial charge in [-0.2, -0.15) is 0 Å². The van der Waals surface area contributed by atoms with Crippen LogP contribution in [-0.2, 0) is 6.42 Å². The molecule has 7 rings (SSSR count). The van der Waals surface area contributed by atoms with E-state index in [-0.39, 0.29) is 0 Å². The van der Waals surface area contributed by atoms with Crippen LogP contribution in [0.1, 0.15) is 11.1 Å². The molecule has 2 aromatic carbocycles. The summed E-state index contributed by atoms with van der Waals surface area (Å²) in [6.45, 7) is 0. The Morgan fingerprint density at radius 1 is 0.821 bits per heavy atom. The first-order valence-electron chi connectivity index (χ1n) is 9.43. The fraction of sp³-hybridized carbons (Fsp3) is 0.0417. The highest BCUT2D eigenvalue weighted by Crippen LogP contribution is 2.42. The van der Waals surface area contributed by atoms with Gasteiger partial charge in [0.1, 0.15) is 5.52 Å². The second-order valence-corrected chi connectivity index (χ2v) is 7.36. The molecular weight excluding hydrogens is 344 g/mol. The van der Waals surface area contributed by atoms with Gasteiger partial charge in [-0.25, -0.2) is 4.98 Å². The maximum absolute atomic E-state index is 5.02. The molecule has 0 radical (unpaired) electrons. The highest BCUT2D eigenvalue weighted by atomic mass is 15.0. The van der Waals surface area contributed by atoms with Crippen LogP contribution in [0.3, 0.4) is 0 Å². The lowest BCUT2D eigenvalue weighted by Crippen LogP contribution is -1.94. The Hall–Kier alpha value is -3.79. The van der Waals surface area contributed by atoms with Gasteiger partial charge in [0.15, 0.2) is 5.65 Å². The van der Waals surface area contributed by atoms with E-state index >= 15 is 0 Å². The van der Waals surface area contributed by atoms with Crippen LogP contribution in [0.2, 0.25) is 0 Å². The molecule has 0 saturated carbocycles. The van der Waals surface area contributed by atoms with Crippen molar-refractivity contribution in [3.05, 3.63) is 84.3 Å². The number of hydrogen-bond donors (Lipinski definition) is 0. The van der Waals surface area contributed by atoms with Gasteiger partial charge in [-0.1, -0.05) is 36.4 Å². The Labute approximate surface area is 160 Å². The first kappa shape index (κ1) is 14.3. The summed E-state index contributed by atoms with van der Waals surface area (Å²) in [5, 5.41) is 2.19. The van der Waals surface area contributed by atoms with Gasteiger partial charge in [-0.15, -0.1) is 0 Å². The Bertz CT molecular complexity index is 1590. The lowest BCUT2D eigenvalue weighted by molar-refractivity contribution is 1.26. The molecule has 1 aliphatic rings. The number of fused-ring (bicyclic) bond motifs is 12. The SMILES string of the molecule is c1ccc2c(c1)Cc1ccc3nc4c5ncccc5c5cnccc5n4c3c1-2. The molecule has 0 atom stereocenters. The summed E-state index contributed by atoms with van der Waals surface area (Å²) < 4.78 is 2.28. The molecule has 0 unspecified atom stereocenters. The first-order valence-corrected chi connectivity index (χ1v) is 9.43. The molecule has 28 heavy (non-hydrogen) atoms. The third kappa shape index (κ3) is 1.63. The highest BCUT2D eigenvalue weighted by molar-refractivity contribution is 6.13. The average molecular weight is 358 g/mol. The molecule has 4 nitrogen and oxygen atoms in total. The number of benzene rings is 2. The zero-order valence-electron chi connectivity index (χ0n) is 14.9. The Kier molecular flexibility index (Phi) is 2.51. The molecule has 4 heterocycles. The smallest absolute Gasteiger partial charge is 0.165 e. The molecule has 0 N–H and O–H groups in total. The third-order valence-electron chi connectivity index (χ3n) is 5.92. The number of rotatable bonds is 0. The normalized spacial score (nSPS) is 12.9. The number of hydrogen-bond acceptors (Lipinski definition) is 3. The van der Waals surface area contributed by atoms with Crippen molar-refractivity contribution in [3.8, 4) is 11.1 Å². The van der Waals surface area contributed by atoms with Crippen LogP contribution >= 0.6 is 0 Å². The molecule has 0 amide bonds. The van der Waals surface area contributed by atoms with Gasteiger partial charge in [-0.05, 0) is 41.3 Å². The van der Waals surface area contributed by atoms with Gasteiger partial charge in [0.05, 0.1) is 16.6 Å². The molecule has 0 aliphatic heterocycles. The summed E-state index contributed by atoms with van der Waals surface area (Å²) in [7, 11) is 0. The summed E-state index contributed by atoms with van der Waals surface area (Å²) >= 11 is 0. The third-order valence-corrected chi connectivity index (χ3v) is 5.92. The minimum Gasteiger partial charge on any atom is -0.290 e. The quantitative estimate of drug-likeness (QED) is 0.352. The van der Waals surface area contributed by atoms with Crippen molar-refractivity contribution in [2.24, 2.45) is 0 Å². The van der Waals surface area contributed by atoms with Crippen molar-refractivity contribution in [3.63, 3.8) is 0 Å². The van der Waals surface area contributed by atoms with Gasteiger partial charge in [-0.3, -0.25) is 14.4 Å². The summed E-state index contributed by atoms with van der Waals surface area (Å²) in [6, 6.07) is 19.2. The fourth-order valence-corrected chi connectivity index (χ4v) is 4.76. The van der Waals surface area contributed by atoms with Gasteiger partial charge in [0, 0.05) is 34.9 Å². The van der Waals surface area contributed by atoms with Crippen LogP contribution in [0.25, 0.3) is 49.6 Å². The van der Waals surface area contributed by atoms with Crippen LogP contribution in [-0.4, -0.2) is 19.4 Å². The average Bonchev–Trinajstić information content (AvgIpc) is 3.32. The van der Waals surface area contributed by atoms with Gasteiger partial charge < -0.3 is 0 Å². The fourth-order valence-electron chi connectivity index (χ4n) is 4.76. The Morgan fingerprint density at radius 2 is 1.79 bits per heavy atom. The van der Waals surface area contributed by atoms with Crippen LogP contribution in [0.15, 0.2) is 73.2 Å². The van der Waals surface area contributed by atoms with Crippen molar-refractivity contribution < 1.29 is 0 Å². The maximum atomic E-state index is 5.02. The zero-order valence-corrected chi connectivity index (χ0v) is 14.9. The van der Waals surface area contributed by atoms with E-state index in [1.54, 1.807) is 0 Å². The minimum absolute atomic E-state index is 0.905. The van der Waals surface area contributed by atoms with E-state index in [0.29, 0.717) is 0 Å². The monoisotopic (exact) mass is 358 g/mol. The van der Waals surface area contributed by atoms with Crippen molar-refractivity contribution in [1.82, 2.24) is 19.4 Å². The number of imidazole rings is 1. The van der Waals surface area contributed by atoms with E-state index in [9.17, 15) is 0 Å². The van der Waals surface area contributed by atoms with E-state index in [4.69, 9.17) is 4.98 Å². The number of nitrogens with zero attached hydrogens (tertiary/aromatic N) is 4. The summed E-state index contributed by atoms with van der Waals surface area (Å²) in [4.78, 5) is 14.1. The van der Waals surface area contributed by atoms with Gasteiger partial charge in [0.2, 0.25) is 0 Å². The van der Waals surface area contributed by atoms with Crippen molar-refractivity contribution >= 4 is 38.5 Å². The van der Waals surface area contributed by atoms with Crippen LogP contribution in [0, 0.1) is 0 Å². The second kappa shape index (κ2) is 4.93. The maximum Gasteiger partial charge on any atom is 0.165 e. The summed E-state index contributed by atoms with van der Waals surface area (Å²) in [5.41, 5.74) is 10.5. The van der Waals surface area contributed by atoms with Gasteiger partial charge >= 0.3 is 0 Å². The van der Waals surface area contributed by atoms with E-state index in [0.717, 1.165) is 39.4 Å². The predicted molar refractivity (Wildman–Crippen MR) is 112 cm³/mol. The molecular formula is C24H14N4. The predicted octanol–water partition coefficient (Wildman–Crippen LogP) is 5.16. The molecule has 0 bridgehead atoms. The van der Waals surface area contributed by atoms with Gasteiger partial charge in [0.25, 0.3) is 0 Å². The number of pyridine rings is 3. The van der Waals surface area contributed by atoms with Crippen LogP contribution in [0.5, 0.6) is 0 Å². The standard InChI is InChI=1S/C24H14N4/c1-2-5-16-14(4-1)12-15-7-8-19-23(21(15)16)28-20-9-11-25-13-18(20)17-6-3-10-26-22(17)24(28)27-19/h1-11,13H,12H2. The van der Waals surface area contributed by atoms with E-state index in [1.807, 2.05) is 24.7 Å². The van der Waals surface area contributed by atoms with Crippen molar-refractivity contribution in [2.45, 2.75) is 6.42 Å². The number of aromatic nitrogens is 4. The van der Waals surface area contributed by atoms with Crippen molar-refractivity contribution in [2.75, 3.05) is 0 Å². The molecule has 0 fully saturated rings. The minimum atomic E-state index is 0.905. The molecule has 4 aromatic heterocycles. The second-order valence-electron chi connectivity index (χ2n) is 7.36.